The van der Waals surface area contributed by atoms with E-state index in [1.54, 1.807) is 6.07 Å². The molecular weight excluding hydrogens is 212 g/mol. The van der Waals surface area contributed by atoms with Gasteiger partial charge in [0.15, 0.2) is 0 Å². The summed E-state index contributed by atoms with van der Waals surface area (Å²) < 4.78 is 0. The Kier molecular flexibility index (Phi) is 4.53. The van der Waals surface area contributed by atoms with Gasteiger partial charge in [0.1, 0.15) is 6.07 Å². The molecule has 0 aliphatic rings. The highest BCUT2D eigenvalue weighted by Gasteiger charge is 2.16. The fourth-order valence-electron chi connectivity index (χ4n) is 1.75. The lowest BCUT2D eigenvalue weighted by molar-refractivity contribution is 0.282. The molecule has 0 saturated heterocycles. The minimum Gasteiger partial charge on any atom is -0.392 e. The molecule has 3 heteroatoms. The van der Waals surface area contributed by atoms with Crippen LogP contribution in [0.3, 0.4) is 0 Å². The average Bonchev–Trinajstić information content (AvgIpc) is 2.35. The Hall–Kier alpha value is -1.53. The van der Waals surface area contributed by atoms with Crippen molar-refractivity contribution < 1.29 is 5.11 Å². The third-order valence-corrected chi connectivity index (χ3v) is 3.32. The van der Waals surface area contributed by atoms with Gasteiger partial charge in [-0.25, -0.2) is 0 Å². The topological polar surface area (TPSA) is 47.3 Å². The fourth-order valence-corrected chi connectivity index (χ4v) is 1.75. The summed E-state index contributed by atoms with van der Waals surface area (Å²) >= 11 is 0. The standard InChI is InChI=1S/C14H20N2O/c1-10(2)11(3)16(4)14-6-5-12(9-17)7-13(14)8-15/h5-7,10-11,17H,9H2,1-4H3. The number of rotatable bonds is 4. The van der Waals surface area contributed by atoms with Crippen molar-refractivity contribution in [2.75, 3.05) is 11.9 Å². The van der Waals surface area contributed by atoms with Crippen LogP contribution in [0.25, 0.3) is 0 Å². The molecule has 0 aliphatic heterocycles. The van der Waals surface area contributed by atoms with E-state index in [9.17, 15) is 0 Å². The second-order valence-corrected chi connectivity index (χ2v) is 4.72. The Balaban J connectivity index is 3.10. The van der Waals surface area contributed by atoms with Crippen molar-refractivity contribution in [2.24, 2.45) is 5.92 Å². The maximum absolute atomic E-state index is 9.15. The molecule has 1 unspecified atom stereocenters. The van der Waals surface area contributed by atoms with Crippen LogP contribution in [0.1, 0.15) is 31.9 Å². The first-order valence-electron chi connectivity index (χ1n) is 5.88. The third kappa shape index (κ3) is 2.98. The van der Waals surface area contributed by atoms with E-state index in [2.05, 4.69) is 31.7 Å². The molecule has 0 heterocycles. The van der Waals surface area contributed by atoms with E-state index in [4.69, 9.17) is 10.4 Å². The molecule has 0 saturated carbocycles. The molecule has 1 aromatic rings. The van der Waals surface area contributed by atoms with Gasteiger partial charge in [0.2, 0.25) is 0 Å². The van der Waals surface area contributed by atoms with Gasteiger partial charge in [-0.1, -0.05) is 19.9 Å². The molecule has 0 aliphatic carbocycles. The van der Waals surface area contributed by atoms with Crippen LogP contribution in [0.4, 0.5) is 5.69 Å². The van der Waals surface area contributed by atoms with Crippen LogP contribution in [0.15, 0.2) is 18.2 Å². The van der Waals surface area contributed by atoms with Gasteiger partial charge in [0.25, 0.3) is 0 Å². The van der Waals surface area contributed by atoms with Crippen molar-refractivity contribution in [3.05, 3.63) is 29.3 Å². The Morgan fingerprint density at radius 3 is 2.47 bits per heavy atom. The lowest BCUT2D eigenvalue weighted by atomic mass is 10.0. The van der Waals surface area contributed by atoms with Gasteiger partial charge >= 0.3 is 0 Å². The van der Waals surface area contributed by atoms with Crippen LogP contribution in [0.2, 0.25) is 0 Å². The summed E-state index contributed by atoms with van der Waals surface area (Å²) in [6.45, 7) is 6.44. The minimum atomic E-state index is -0.0294. The van der Waals surface area contributed by atoms with Crippen LogP contribution < -0.4 is 4.90 Å². The van der Waals surface area contributed by atoms with Crippen molar-refractivity contribution in [1.29, 1.82) is 5.26 Å². The summed E-state index contributed by atoms with van der Waals surface area (Å²) in [7, 11) is 2.00. The average molecular weight is 232 g/mol. The highest BCUT2D eigenvalue weighted by atomic mass is 16.3. The molecule has 3 nitrogen and oxygen atoms in total. The van der Waals surface area contributed by atoms with Gasteiger partial charge in [0, 0.05) is 13.1 Å². The van der Waals surface area contributed by atoms with E-state index in [0.29, 0.717) is 17.5 Å². The third-order valence-electron chi connectivity index (χ3n) is 3.32. The van der Waals surface area contributed by atoms with E-state index >= 15 is 0 Å². The van der Waals surface area contributed by atoms with Crippen molar-refractivity contribution in [3.63, 3.8) is 0 Å². The first kappa shape index (κ1) is 13.5. The molecule has 1 N–H and O–H groups in total. The van der Waals surface area contributed by atoms with Gasteiger partial charge in [-0.05, 0) is 30.5 Å². The highest BCUT2D eigenvalue weighted by Crippen LogP contribution is 2.24. The number of aliphatic hydroxyl groups is 1. The van der Waals surface area contributed by atoms with E-state index in [1.807, 2.05) is 19.2 Å². The van der Waals surface area contributed by atoms with Crippen molar-refractivity contribution in [3.8, 4) is 6.07 Å². The second kappa shape index (κ2) is 5.70. The number of nitrogens with zero attached hydrogens (tertiary/aromatic N) is 2. The van der Waals surface area contributed by atoms with E-state index < -0.39 is 0 Å². The summed E-state index contributed by atoms with van der Waals surface area (Å²) in [4.78, 5) is 2.12. The molecule has 17 heavy (non-hydrogen) atoms. The Bertz CT molecular complexity index is 421. The number of nitriles is 1. The zero-order valence-electron chi connectivity index (χ0n) is 10.9. The molecule has 0 radical (unpaired) electrons. The van der Waals surface area contributed by atoms with Gasteiger partial charge < -0.3 is 10.0 Å². The quantitative estimate of drug-likeness (QED) is 0.867. The number of benzene rings is 1. The van der Waals surface area contributed by atoms with Crippen LogP contribution >= 0.6 is 0 Å². The van der Waals surface area contributed by atoms with E-state index in [-0.39, 0.29) is 6.61 Å². The maximum Gasteiger partial charge on any atom is 0.101 e. The van der Waals surface area contributed by atoms with Crippen LogP contribution in [0.5, 0.6) is 0 Å². The summed E-state index contributed by atoms with van der Waals surface area (Å²) in [5, 5.41) is 18.2. The Morgan fingerprint density at radius 2 is 2.00 bits per heavy atom. The normalized spacial score (nSPS) is 12.3. The van der Waals surface area contributed by atoms with Gasteiger partial charge in [0.05, 0.1) is 17.9 Å². The van der Waals surface area contributed by atoms with Gasteiger partial charge in [-0.2, -0.15) is 5.26 Å². The zero-order valence-corrected chi connectivity index (χ0v) is 10.9. The van der Waals surface area contributed by atoms with Gasteiger partial charge in [-0.3, -0.25) is 0 Å². The molecular formula is C14H20N2O. The van der Waals surface area contributed by atoms with Crippen LogP contribution in [-0.4, -0.2) is 18.2 Å². The number of hydrogen-bond donors (Lipinski definition) is 1. The predicted octanol–water partition coefficient (Wildman–Crippen LogP) is 2.53. The lowest BCUT2D eigenvalue weighted by Crippen LogP contribution is -2.33. The molecule has 0 fully saturated rings. The number of aliphatic hydroxyl groups excluding tert-OH is 1. The maximum atomic E-state index is 9.15. The molecule has 0 bridgehead atoms. The molecule has 0 amide bonds. The summed E-state index contributed by atoms with van der Waals surface area (Å²) in [6, 6.07) is 8.07. The van der Waals surface area contributed by atoms with Crippen molar-refractivity contribution >= 4 is 5.69 Å². The summed E-state index contributed by atoms with van der Waals surface area (Å²) in [5.74, 6) is 0.518. The largest absolute Gasteiger partial charge is 0.392 e. The second-order valence-electron chi connectivity index (χ2n) is 4.72. The number of anilines is 1. The fraction of sp³-hybridized carbons (Fsp3) is 0.500. The van der Waals surface area contributed by atoms with Crippen molar-refractivity contribution in [1.82, 2.24) is 0 Å². The summed E-state index contributed by atoms with van der Waals surface area (Å²) in [5.41, 5.74) is 2.31. The molecule has 0 spiro atoms. The van der Waals surface area contributed by atoms with Crippen LogP contribution in [0, 0.1) is 17.2 Å². The first-order valence-corrected chi connectivity index (χ1v) is 5.88. The van der Waals surface area contributed by atoms with Crippen LogP contribution in [-0.2, 0) is 6.61 Å². The lowest BCUT2D eigenvalue weighted by Gasteiger charge is -2.30. The Labute approximate surface area is 103 Å². The highest BCUT2D eigenvalue weighted by molar-refractivity contribution is 5.60. The summed E-state index contributed by atoms with van der Waals surface area (Å²) in [6.07, 6.45) is 0. The molecule has 0 aromatic heterocycles. The molecule has 1 rings (SSSR count). The molecule has 1 atom stereocenters. The predicted molar refractivity (Wildman–Crippen MR) is 69.8 cm³/mol. The van der Waals surface area contributed by atoms with E-state index in [0.717, 1.165) is 11.3 Å². The molecule has 1 aromatic carbocycles. The Morgan fingerprint density at radius 1 is 1.35 bits per heavy atom. The minimum absolute atomic E-state index is 0.0294. The smallest absolute Gasteiger partial charge is 0.101 e. The number of hydrogen-bond acceptors (Lipinski definition) is 3. The van der Waals surface area contributed by atoms with Crippen molar-refractivity contribution in [2.45, 2.75) is 33.4 Å². The zero-order chi connectivity index (χ0) is 13.0. The first-order chi connectivity index (χ1) is 8.01. The SMILES string of the molecule is CC(C)C(C)N(C)c1ccc(CO)cc1C#N. The molecule has 92 valence electrons. The monoisotopic (exact) mass is 232 g/mol. The van der Waals surface area contributed by atoms with Gasteiger partial charge in [-0.15, -0.1) is 0 Å². The van der Waals surface area contributed by atoms with E-state index in [1.165, 1.54) is 0 Å².